The Labute approximate surface area is 177 Å². The summed E-state index contributed by atoms with van der Waals surface area (Å²) in [5.74, 6) is -0.590. The predicted molar refractivity (Wildman–Crippen MR) is 112 cm³/mol. The van der Waals surface area contributed by atoms with Crippen LogP contribution in [0.4, 0.5) is 0 Å². The van der Waals surface area contributed by atoms with Gasteiger partial charge in [-0.1, -0.05) is 37.9 Å². The van der Waals surface area contributed by atoms with Gasteiger partial charge in [-0.3, -0.25) is 4.98 Å². The molecular weight excluding hydrogens is 546 g/mol. The topological polar surface area (TPSA) is 69.4 Å². The number of ether oxygens (including phenoxy) is 1. The minimum atomic E-state index is -0.819. The summed E-state index contributed by atoms with van der Waals surface area (Å²) in [7, 11) is 0. The number of rotatable bonds is 2. The maximum absolute atomic E-state index is 12.7. The van der Waals surface area contributed by atoms with Gasteiger partial charge in [0.15, 0.2) is 5.75 Å². The lowest BCUT2D eigenvalue weighted by atomic mass is 10.2. The SMILES string of the molecule is O=C(Oc1c(Br)cc(Br)c2cccnc12)c1cc2cc(Br)ccc2oc1=O. The summed E-state index contributed by atoms with van der Waals surface area (Å²) in [4.78, 5) is 29.2. The van der Waals surface area contributed by atoms with E-state index in [9.17, 15) is 9.59 Å². The number of pyridine rings is 1. The minimum absolute atomic E-state index is 0.195. The van der Waals surface area contributed by atoms with Crippen LogP contribution in [0, 0.1) is 0 Å². The molecule has 2 aromatic carbocycles. The third-order valence-corrected chi connectivity index (χ3v) is 5.60. The summed E-state index contributed by atoms with van der Waals surface area (Å²) in [6.07, 6.45) is 1.60. The minimum Gasteiger partial charge on any atom is -0.422 e. The first-order valence-corrected chi connectivity index (χ1v) is 10.0. The molecule has 0 N–H and O–H groups in total. The molecule has 2 aromatic heterocycles. The van der Waals surface area contributed by atoms with Gasteiger partial charge in [-0.05, 0) is 52.3 Å². The van der Waals surface area contributed by atoms with E-state index in [1.165, 1.54) is 6.07 Å². The van der Waals surface area contributed by atoms with E-state index >= 15 is 0 Å². The second-order valence-electron chi connectivity index (χ2n) is 5.59. The van der Waals surface area contributed by atoms with Crippen molar-refractivity contribution < 1.29 is 13.9 Å². The molecule has 134 valence electrons. The molecule has 2 heterocycles. The van der Waals surface area contributed by atoms with E-state index in [1.54, 1.807) is 36.5 Å². The molecule has 0 spiro atoms. The van der Waals surface area contributed by atoms with E-state index in [0.29, 0.717) is 21.0 Å². The van der Waals surface area contributed by atoms with Crippen molar-refractivity contribution >= 4 is 75.6 Å². The maximum Gasteiger partial charge on any atom is 0.351 e. The van der Waals surface area contributed by atoms with Crippen molar-refractivity contribution in [2.45, 2.75) is 0 Å². The number of esters is 1. The number of benzene rings is 2. The quantitative estimate of drug-likeness (QED) is 0.177. The molecule has 0 aliphatic carbocycles. The van der Waals surface area contributed by atoms with Crippen molar-refractivity contribution in [3.05, 3.63) is 78.1 Å². The van der Waals surface area contributed by atoms with Gasteiger partial charge in [-0.15, -0.1) is 0 Å². The maximum atomic E-state index is 12.7. The van der Waals surface area contributed by atoms with Gasteiger partial charge in [-0.25, -0.2) is 9.59 Å². The van der Waals surface area contributed by atoms with Crippen LogP contribution in [-0.2, 0) is 0 Å². The largest absolute Gasteiger partial charge is 0.422 e. The van der Waals surface area contributed by atoms with Crippen molar-refractivity contribution in [2.75, 3.05) is 0 Å². The third kappa shape index (κ3) is 3.44. The fourth-order valence-electron chi connectivity index (χ4n) is 2.63. The Morgan fingerprint density at radius 1 is 1.04 bits per heavy atom. The van der Waals surface area contributed by atoms with Gasteiger partial charge in [0.05, 0.1) is 4.47 Å². The first-order valence-electron chi connectivity index (χ1n) is 7.62. The molecule has 0 aliphatic rings. The number of hydrogen-bond acceptors (Lipinski definition) is 5. The number of carbonyl (C=O) groups is 1. The highest BCUT2D eigenvalue weighted by Gasteiger charge is 2.20. The summed E-state index contributed by atoms with van der Waals surface area (Å²) >= 11 is 10.2. The number of hydrogen-bond donors (Lipinski definition) is 0. The highest BCUT2D eigenvalue weighted by Crippen LogP contribution is 2.37. The fourth-order valence-corrected chi connectivity index (χ4v) is 4.36. The molecule has 4 aromatic rings. The summed E-state index contributed by atoms with van der Waals surface area (Å²) in [6.45, 7) is 0. The highest BCUT2D eigenvalue weighted by molar-refractivity contribution is 9.11. The van der Waals surface area contributed by atoms with Crippen LogP contribution in [0.3, 0.4) is 0 Å². The summed E-state index contributed by atoms with van der Waals surface area (Å²) in [6, 6.07) is 12.0. The van der Waals surface area contributed by atoms with E-state index in [4.69, 9.17) is 9.15 Å². The van der Waals surface area contributed by atoms with Crippen LogP contribution in [0.25, 0.3) is 21.9 Å². The van der Waals surface area contributed by atoms with E-state index < -0.39 is 11.6 Å². The number of nitrogens with zero attached hydrogens (tertiary/aromatic N) is 1. The highest BCUT2D eigenvalue weighted by atomic mass is 79.9. The van der Waals surface area contributed by atoms with Crippen LogP contribution in [-0.4, -0.2) is 11.0 Å². The van der Waals surface area contributed by atoms with Crippen LogP contribution in [0.15, 0.2) is 71.3 Å². The molecule has 4 rings (SSSR count). The van der Waals surface area contributed by atoms with E-state index in [0.717, 1.165) is 14.3 Å². The third-order valence-electron chi connectivity index (χ3n) is 3.86. The first kappa shape index (κ1) is 18.3. The van der Waals surface area contributed by atoms with Crippen LogP contribution in [0.1, 0.15) is 10.4 Å². The predicted octanol–water partition coefficient (Wildman–Crippen LogP) is 5.85. The Bertz CT molecular complexity index is 1280. The molecule has 0 aliphatic heterocycles. The Kier molecular flexibility index (Phi) is 4.88. The van der Waals surface area contributed by atoms with Crippen molar-refractivity contribution in [2.24, 2.45) is 0 Å². The van der Waals surface area contributed by atoms with Gasteiger partial charge < -0.3 is 9.15 Å². The van der Waals surface area contributed by atoms with Crippen LogP contribution in [0.5, 0.6) is 5.75 Å². The molecule has 8 heteroatoms. The zero-order valence-corrected chi connectivity index (χ0v) is 18.1. The average molecular weight is 554 g/mol. The van der Waals surface area contributed by atoms with Gasteiger partial charge in [0, 0.05) is 25.9 Å². The van der Waals surface area contributed by atoms with E-state index in [1.807, 2.05) is 6.07 Å². The van der Waals surface area contributed by atoms with Crippen LogP contribution >= 0.6 is 47.8 Å². The molecule has 0 saturated carbocycles. The first-order chi connectivity index (χ1) is 12.9. The fraction of sp³-hybridized carbons (Fsp3) is 0. The Hall–Kier alpha value is -2.03. The average Bonchev–Trinajstić information content (AvgIpc) is 2.64. The molecule has 0 saturated heterocycles. The summed E-state index contributed by atoms with van der Waals surface area (Å²) < 4.78 is 12.9. The van der Waals surface area contributed by atoms with E-state index in [2.05, 4.69) is 52.8 Å². The van der Waals surface area contributed by atoms with Gasteiger partial charge in [0.25, 0.3) is 0 Å². The van der Waals surface area contributed by atoms with Crippen LogP contribution < -0.4 is 10.4 Å². The number of halogens is 3. The molecule has 0 amide bonds. The molecular formula is C19H8Br3NO4. The van der Waals surface area contributed by atoms with Gasteiger partial charge in [0.1, 0.15) is 16.7 Å². The Morgan fingerprint density at radius 3 is 2.67 bits per heavy atom. The molecule has 27 heavy (non-hydrogen) atoms. The molecule has 0 unspecified atom stereocenters. The summed E-state index contributed by atoms with van der Waals surface area (Å²) in [5, 5.41) is 1.38. The molecule has 0 bridgehead atoms. The lowest BCUT2D eigenvalue weighted by Crippen LogP contribution is -2.19. The standard InChI is InChI=1S/C19H8Br3NO4/c20-10-3-4-15-9(6-10)7-12(18(24)26-15)19(25)27-17-14(22)8-13(21)11-2-1-5-23-16(11)17/h1-8H. The van der Waals surface area contributed by atoms with Crippen molar-refractivity contribution in [1.29, 1.82) is 0 Å². The molecule has 0 radical (unpaired) electrons. The smallest absolute Gasteiger partial charge is 0.351 e. The zero-order chi connectivity index (χ0) is 19.1. The lowest BCUT2D eigenvalue weighted by Gasteiger charge is -2.10. The zero-order valence-electron chi connectivity index (χ0n) is 13.3. The Morgan fingerprint density at radius 2 is 1.85 bits per heavy atom. The summed E-state index contributed by atoms with van der Waals surface area (Å²) in [5.41, 5.74) is -0.0865. The monoisotopic (exact) mass is 551 g/mol. The lowest BCUT2D eigenvalue weighted by molar-refractivity contribution is 0.0731. The van der Waals surface area contributed by atoms with Crippen molar-refractivity contribution in [1.82, 2.24) is 4.98 Å². The van der Waals surface area contributed by atoms with Gasteiger partial charge in [0.2, 0.25) is 0 Å². The second kappa shape index (κ2) is 7.18. The Balaban J connectivity index is 1.82. The number of fused-ring (bicyclic) bond motifs is 2. The number of aromatic nitrogens is 1. The van der Waals surface area contributed by atoms with Crippen molar-refractivity contribution in [3.63, 3.8) is 0 Å². The molecule has 5 nitrogen and oxygen atoms in total. The molecule has 0 atom stereocenters. The van der Waals surface area contributed by atoms with Gasteiger partial charge >= 0.3 is 11.6 Å². The van der Waals surface area contributed by atoms with Crippen molar-refractivity contribution in [3.8, 4) is 5.75 Å². The van der Waals surface area contributed by atoms with E-state index in [-0.39, 0.29) is 11.3 Å². The normalized spacial score (nSPS) is 11.1. The molecule has 0 fully saturated rings. The van der Waals surface area contributed by atoms with Crippen LogP contribution in [0.2, 0.25) is 0 Å². The second-order valence-corrected chi connectivity index (χ2v) is 8.21. The number of carbonyl (C=O) groups excluding carboxylic acids is 1. The van der Waals surface area contributed by atoms with Gasteiger partial charge in [-0.2, -0.15) is 0 Å².